The molecule has 1 fully saturated rings. The largest absolute Gasteiger partial charge is 0.344 e. The van der Waals surface area contributed by atoms with Crippen molar-refractivity contribution in [3.63, 3.8) is 0 Å². The molecule has 2 amide bonds. The van der Waals surface area contributed by atoms with Crippen LogP contribution >= 0.6 is 0 Å². The first-order chi connectivity index (χ1) is 13.2. The van der Waals surface area contributed by atoms with Crippen LogP contribution in [0.5, 0.6) is 0 Å². The second-order valence-corrected chi connectivity index (χ2v) is 7.72. The molecule has 2 aliphatic heterocycles. The van der Waals surface area contributed by atoms with Crippen molar-refractivity contribution in [3.8, 4) is 0 Å². The van der Waals surface area contributed by atoms with Gasteiger partial charge in [-0.3, -0.25) is 0 Å². The molecule has 0 aliphatic carbocycles. The number of rotatable bonds is 4. The van der Waals surface area contributed by atoms with Gasteiger partial charge in [-0.15, -0.1) is 0 Å². The third kappa shape index (κ3) is 4.50. The molecule has 3 heterocycles. The topological polar surface area (TPSA) is 64.3 Å². The molecule has 0 bridgehead atoms. The molecular weight excluding hydrogens is 338 g/mol. The lowest BCUT2D eigenvalue weighted by molar-refractivity contribution is 0.168. The summed E-state index contributed by atoms with van der Waals surface area (Å²) in [6.45, 7) is 6.56. The molecule has 0 atom stereocenters. The zero-order valence-corrected chi connectivity index (χ0v) is 16.1. The summed E-state index contributed by atoms with van der Waals surface area (Å²) >= 11 is 0. The van der Waals surface area contributed by atoms with Gasteiger partial charge in [0.15, 0.2) is 0 Å². The second kappa shape index (κ2) is 8.13. The Labute approximate surface area is 161 Å². The molecule has 27 heavy (non-hydrogen) atoms. The van der Waals surface area contributed by atoms with E-state index in [0.29, 0.717) is 6.54 Å². The number of nitrogens with one attached hydrogen (secondary N) is 2. The Balaban J connectivity index is 1.20. The maximum Gasteiger partial charge on any atom is 0.317 e. The SMILES string of the molecule is Cc1nc2c([nH]1)CN(C(=O)NC1CCN(CCc3ccccc3)CC1)CC2. The molecule has 144 valence electrons. The smallest absolute Gasteiger partial charge is 0.317 e. The number of carbonyl (C=O) groups excluding carboxylic acids is 1. The molecule has 1 aromatic carbocycles. The Hall–Kier alpha value is -2.34. The first kappa shape index (κ1) is 18.0. The van der Waals surface area contributed by atoms with Crippen molar-refractivity contribution in [2.24, 2.45) is 0 Å². The number of H-pyrrole nitrogens is 1. The minimum absolute atomic E-state index is 0.0654. The Morgan fingerprint density at radius 2 is 2.00 bits per heavy atom. The van der Waals surface area contributed by atoms with E-state index in [1.54, 1.807) is 0 Å². The highest BCUT2D eigenvalue weighted by Gasteiger charge is 2.26. The van der Waals surface area contributed by atoms with Crippen molar-refractivity contribution < 1.29 is 4.79 Å². The summed E-state index contributed by atoms with van der Waals surface area (Å²) in [6, 6.07) is 11.0. The zero-order valence-electron chi connectivity index (χ0n) is 16.1. The maximum absolute atomic E-state index is 12.6. The van der Waals surface area contributed by atoms with Gasteiger partial charge >= 0.3 is 6.03 Å². The zero-order chi connectivity index (χ0) is 18.6. The Kier molecular flexibility index (Phi) is 5.43. The minimum atomic E-state index is 0.0654. The molecule has 0 unspecified atom stereocenters. The predicted molar refractivity (Wildman–Crippen MR) is 106 cm³/mol. The van der Waals surface area contributed by atoms with Gasteiger partial charge in [0.1, 0.15) is 5.82 Å². The van der Waals surface area contributed by atoms with Crippen LogP contribution in [0.1, 0.15) is 35.6 Å². The van der Waals surface area contributed by atoms with E-state index < -0.39 is 0 Å². The number of hydrogen-bond acceptors (Lipinski definition) is 3. The number of aryl methyl sites for hydroxylation is 1. The molecule has 2 aromatic rings. The number of likely N-dealkylation sites (tertiary alicyclic amines) is 1. The van der Waals surface area contributed by atoms with E-state index in [4.69, 9.17) is 0 Å². The predicted octanol–water partition coefficient (Wildman–Crippen LogP) is 2.49. The van der Waals surface area contributed by atoms with Crippen LogP contribution in [0.25, 0.3) is 0 Å². The van der Waals surface area contributed by atoms with Crippen LogP contribution in [0.2, 0.25) is 0 Å². The van der Waals surface area contributed by atoms with Crippen LogP contribution in [0.15, 0.2) is 30.3 Å². The summed E-state index contributed by atoms with van der Waals surface area (Å²) in [6.07, 6.45) is 3.99. The quantitative estimate of drug-likeness (QED) is 0.873. The van der Waals surface area contributed by atoms with Gasteiger partial charge in [0.25, 0.3) is 0 Å². The third-order valence-corrected chi connectivity index (χ3v) is 5.71. The molecule has 2 aliphatic rings. The van der Waals surface area contributed by atoms with E-state index in [1.807, 2.05) is 11.8 Å². The minimum Gasteiger partial charge on any atom is -0.344 e. The van der Waals surface area contributed by atoms with Crippen LogP contribution < -0.4 is 5.32 Å². The molecule has 6 nitrogen and oxygen atoms in total. The fraction of sp³-hybridized carbons (Fsp3) is 0.524. The van der Waals surface area contributed by atoms with E-state index in [-0.39, 0.29) is 12.1 Å². The van der Waals surface area contributed by atoms with Gasteiger partial charge in [-0.2, -0.15) is 0 Å². The first-order valence-electron chi connectivity index (χ1n) is 10.0. The molecule has 6 heteroatoms. The number of urea groups is 1. The summed E-state index contributed by atoms with van der Waals surface area (Å²) in [5, 5.41) is 3.25. The van der Waals surface area contributed by atoms with Crippen LogP contribution in [0.4, 0.5) is 4.79 Å². The Morgan fingerprint density at radius 3 is 2.78 bits per heavy atom. The van der Waals surface area contributed by atoms with Crippen LogP contribution in [0, 0.1) is 6.92 Å². The summed E-state index contributed by atoms with van der Waals surface area (Å²) in [5.41, 5.74) is 3.60. The van der Waals surface area contributed by atoms with E-state index in [0.717, 1.165) is 69.1 Å². The lowest BCUT2D eigenvalue weighted by atomic mass is 10.0. The van der Waals surface area contributed by atoms with Gasteiger partial charge in [-0.25, -0.2) is 9.78 Å². The van der Waals surface area contributed by atoms with E-state index >= 15 is 0 Å². The number of nitrogens with zero attached hydrogens (tertiary/aromatic N) is 3. The highest BCUT2D eigenvalue weighted by atomic mass is 16.2. The number of hydrogen-bond donors (Lipinski definition) is 2. The second-order valence-electron chi connectivity index (χ2n) is 7.72. The maximum atomic E-state index is 12.6. The normalized spacial score (nSPS) is 18.3. The molecule has 1 aromatic heterocycles. The van der Waals surface area contributed by atoms with Crippen molar-refractivity contribution in [1.82, 2.24) is 25.1 Å². The summed E-state index contributed by atoms with van der Waals surface area (Å²) in [4.78, 5) is 24.8. The number of amides is 2. The lowest BCUT2D eigenvalue weighted by Gasteiger charge is -2.34. The molecular formula is C21H29N5O. The number of aromatic nitrogens is 2. The van der Waals surface area contributed by atoms with Gasteiger partial charge in [0, 0.05) is 38.6 Å². The lowest BCUT2D eigenvalue weighted by Crippen LogP contribution is -2.50. The summed E-state index contributed by atoms with van der Waals surface area (Å²) in [5.74, 6) is 0.935. The van der Waals surface area contributed by atoms with Crippen LogP contribution in [0.3, 0.4) is 0 Å². The Morgan fingerprint density at radius 1 is 1.22 bits per heavy atom. The monoisotopic (exact) mass is 367 g/mol. The van der Waals surface area contributed by atoms with Crippen molar-refractivity contribution in [2.75, 3.05) is 26.2 Å². The molecule has 0 spiro atoms. The molecule has 0 saturated carbocycles. The molecule has 2 N–H and O–H groups in total. The molecule has 4 rings (SSSR count). The summed E-state index contributed by atoms with van der Waals surface area (Å²) < 4.78 is 0. The number of piperidine rings is 1. The van der Waals surface area contributed by atoms with Crippen molar-refractivity contribution in [2.45, 2.75) is 45.2 Å². The van der Waals surface area contributed by atoms with Gasteiger partial charge in [0.05, 0.1) is 17.9 Å². The van der Waals surface area contributed by atoms with E-state index in [9.17, 15) is 4.79 Å². The fourth-order valence-electron chi connectivity index (χ4n) is 4.11. The first-order valence-corrected chi connectivity index (χ1v) is 10.0. The molecule has 1 saturated heterocycles. The van der Waals surface area contributed by atoms with Crippen LogP contribution in [-0.4, -0.2) is 58.0 Å². The standard InChI is InChI=1S/C21H29N5O/c1-16-22-19-10-14-26(15-20(19)23-16)21(27)24-18-8-12-25(13-9-18)11-7-17-5-3-2-4-6-17/h2-6,18H,7-15H2,1H3,(H,22,23)(H,24,27). The van der Waals surface area contributed by atoms with Gasteiger partial charge in [-0.1, -0.05) is 30.3 Å². The number of aromatic amines is 1. The average molecular weight is 367 g/mol. The highest BCUT2D eigenvalue weighted by Crippen LogP contribution is 2.17. The number of carbonyl (C=O) groups is 1. The van der Waals surface area contributed by atoms with Crippen molar-refractivity contribution in [1.29, 1.82) is 0 Å². The third-order valence-electron chi connectivity index (χ3n) is 5.71. The van der Waals surface area contributed by atoms with Gasteiger partial charge < -0.3 is 20.1 Å². The number of benzene rings is 1. The molecule has 0 radical (unpaired) electrons. The van der Waals surface area contributed by atoms with Crippen molar-refractivity contribution in [3.05, 3.63) is 53.1 Å². The van der Waals surface area contributed by atoms with Crippen LogP contribution in [-0.2, 0) is 19.4 Å². The van der Waals surface area contributed by atoms with Crippen molar-refractivity contribution >= 4 is 6.03 Å². The number of imidazole rings is 1. The summed E-state index contributed by atoms with van der Waals surface area (Å²) in [7, 11) is 0. The van der Waals surface area contributed by atoms with Gasteiger partial charge in [-0.05, 0) is 31.7 Å². The van der Waals surface area contributed by atoms with E-state index in [1.165, 1.54) is 5.56 Å². The Bertz CT molecular complexity index is 764. The van der Waals surface area contributed by atoms with Gasteiger partial charge in [0.2, 0.25) is 0 Å². The van der Waals surface area contributed by atoms with E-state index in [2.05, 4.69) is 50.5 Å². The highest BCUT2D eigenvalue weighted by molar-refractivity contribution is 5.74. The number of fused-ring (bicyclic) bond motifs is 1. The fourth-order valence-corrected chi connectivity index (χ4v) is 4.11. The average Bonchev–Trinajstić information content (AvgIpc) is 3.07.